The van der Waals surface area contributed by atoms with Crippen LogP contribution in [0.2, 0.25) is 0 Å². The van der Waals surface area contributed by atoms with Gasteiger partial charge in [0, 0.05) is 13.6 Å². The Kier molecular flexibility index (Phi) is 7.08. The molecule has 0 saturated carbocycles. The minimum Gasteiger partial charge on any atom is -0.330 e. The van der Waals surface area contributed by atoms with E-state index in [1.165, 1.54) is 7.05 Å². The van der Waals surface area contributed by atoms with Gasteiger partial charge in [-0.05, 0) is 25.3 Å². The third-order valence-electron chi connectivity index (χ3n) is 2.10. The van der Waals surface area contributed by atoms with Gasteiger partial charge in [-0.3, -0.25) is 0 Å². The zero-order chi connectivity index (χ0) is 11.0. The van der Waals surface area contributed by atoms with E-state index in [1.807, 2.05) is 0 Å². The van der Waals surface area contributed by atoms with E-state index in [1.54, 1.807) is 0 Å². The molecular weight excluding hydrogens is 202 g/mol. The molecular formula is C8H21N3O2S. The Balaban J connectivity index is 3.92. The lowest BCUT2D eigenvalue weighted by atomic mass is 10.0. The molecule has 1 unspecified atom stereocenters. The maximum Gasteiger partial charge on any atom is 0.276 e. The first-order valence-electron chi connectivity index (χ1n) is 4.94. The van der Waals surface area contributed by atoms with E-state index in [0.29, 0.717) is 19.0 Å². The summed E-state index contributed by atoms with van der Waals surface area (Å²) in [5.74, 6) is 0.341. The zero-order valence-corrected chi connectivity index (χ0v) is 9.73. The van der Waals surface area contributed by atoms with Crippen LogP contribution in [0.3, 0.4) is 0 Å². The van der Waals surface area contributed by atoms with Gasteiger partial charge >= 0.3 is 0 Å². The summed E-state index contributed by atoms with van der Waals surface area (Å²) < 4.78 is 26.8. The molecule has 0 aromatic carbocycles. The summed E-state index contributed by atoms with van der Waals surface area (Å²) in [6.07, 6.45) is 2.91. The van der Waals surface area contributed by atoms with Gasteiger partial charge in [0.25, 0.3) is 10.2 Å². The summed E-state index contributed by atoms with van der Waals surface area (Å²) in [6, 6.07) is 0. The van der Waals surface area contributed by atoms with Crippen LogP contribution in [0.4, 0.5) is 0 Å². The van der Waals surface area contributed by atoms with Gasteiger partial charge in [-0.15, -0.1) is 0 Å². The van der Waals surface area contributed by atoms with Crippen LogP contribution in [-0.4, -0.2) is 28.6 Å². The molecule has 4 N–H and O–H groups in total. The van der Waals surface area contributed by atoms with Gasteiger partial charge in [-0.2, -0.15) is 8.42 Å². The molecule has 0 fully saturated rings. The van der Waals surface area contributed by atoms with E-state index in [4.69, 9.17) is 5.73 Å². The summed E-state index contributed by atoms with van der Waals surface area (Å²) in [6.45, 7) is 3.15. The molecule has 0 heterocycles. The Labute approximate surface area is 86.6 Å². The van der Waals surface area contributed by atoms with Crippen molar-refractivity contribution in [2.24, 2.45) is 11.7 Å². The fourth-order valence-electron chi connectivity index (χ4n) is 1.29. The Morgan fingerprint density at radius 1 is 1.36 bits per heavy atom. The molecule has 0 aliphatic carbocycles. The van der Waals surface area contributed by atoms with Crippen LogP contribution in [0.15, 0.2) is 0 Å². The van der Waals surface area contributed by atoms with Crippen LogP contribution in [0.1, 0.15) is 26.2 Å². The fourth-order valence-corrected chi connectivity index (χ4v) is 1.89. The highest BCUT2D eigenvalue weighted by Gasteiger charge is 2.11. The van der Waals surface area contributed by atoms with Crippen molar-refractivity contribution in [1.82, 2.24) is 9.44 Å². The Morgan fingerprint density at radius 2 is 2.00 bits per heavy atom. The SMILES string of the molecule is CCCC(CCN)CNS(=O)(=O)NC. The Bertz CT molecular complexity index is 223. The van der Waals surface area contributed by atoms with Gasteiger partial charge in [-0.1, -0.05) is 13.3 Å². The topological polar surface area (TPSA) is 84.2 Å². The molecule has 0 aliphatic heterocycles. The quantitative estimate of drug-likeness (QED) is 0.533. The molecule has 6 heteroatoms. The first kappa shape index (κ1) is 13.8. The molecule has 0 aromatic rings. The van der Waals surface area contributed by atoms with Gasteiger partial charge in [0.15, 0.2) is 0 Å². The second-order valence-corrected chi connectivity index (χ2v) is 4.99. The number of nitrogens with two attached hydrogens (primary N) is 1. The Hall–Kier alpha value is -0.170. The number of hydrogen-bond acceptors (Lipinski definition) is 3. The van der Waals surface area contributed by atoms with Crippen molar-refractivity contribution in [2.45, 2.75) is 26.2 Å². The van der Waals surface area contributed by atoms with Crippen molar-refractivity contribution in [2.75, 3.05) is 20.1 Å². The largest absolute Gasteiger partial charge is 0.330 e. The van der Waals surface area contributed by atoms with E-state index in [0.717, 1.165) is 19.3 Å². The molecule has 1 atom stereocenters. The minimum absolute atomic E-state index is 0.341. The van der Waals surface area contributed by atoms with Gasteiger partial charge in [0.1, 0.15) is 0 Å². The summed E-state index contributed by atoms with van der Waals surface area (Å²) >= 11 is 0. The fraction of sp³-hybridized carbons (Fsp3) is 1.00. The van der Waals surface area contributed by atoms with Crippen LogP contribution in [0, 0.1) is 5.92 Å². The van der Waals surface area contributed by atoms with Crippen LogP contribution >= 0.6 is 0 Å². The van der Waals surface area contributed by atoms with Crippen molar-refractivity contribution in [3.05, 3.63) is 0 Å². The highest BCUT2D eigenvalue weighted by molar-refractivity contribution is 7.87. The van der Waals surface area contributed by atoms with Gasteiger partial charge in [0.05, 0.1) is 0 Å². The molecule has 5 nitrogen and oxygen atoms in total. The van der Waals surface area contributed by atoms with Crippen LogP contribution in [0.5, 0.6) is 0 Å². The van der Waals surface area contributed by atoms with Crippen molar-refractivity contribution in [3.63, 3.8) is 0 Å². The first-order chi connectivity index (χ1) is 6.55. The van der Waals surface area contributed by atoms with Crippen molar-refractivity contribution in [3.8, 4) is 0 Å². The van der Waals surface area contributed by atoms with Gasteiger partial charge in [-0.25, -0.2) is 9.44 Å². The highest BCUT2D eigenvalue weighted by atomic mass is 32.2. The van der Waals surface area contributed by atoms with E-state index in [9.17, 15) is 8.42 Å². The van der Waals surface area contributed by atoms with E-state index in [2.05, 4.69) is 16.4 Å². The van der Waals surface area contributed by atoms with E-state index in [-0.39, 0.29) is 0 Å². The van der Waals surface area contributed by atoms with Gasteiger partial charge < -0.3 is 5.73 Å². The highest BCUT2D eigenvalue weighted by Crippen LogP contribution is 2.08. The second-order valence-electron chi connectivity index (χ2n) is 3.29. The van der Waals surface area contributed by atoms with Crippen LogP contribution in [0.25, 0.3) is 0 Å². The lowest BCUT2D eigenvalue weighted by Crippen LogP contribution is -2.37. The van der Waals surface area contributed by atoms with Crippen molar-refractivity contribution < 1.29 is 8.42 Å². The summed E-state index contributed by atoms with van der Waals surface area (Å²) in [4.78, 5) is 0. The standard InChI is InChI=1S/C8H21N3O2S/c1-3-4-8(5-6-9)7-11-14(12,13)10-2/h8,10-11H,3-7,9H2,1-2H3. The smallest absolute Gasteiger partial charge is 0.276 e. The van der Waals surface area contributed by atoms with Crippen LogP contribution in [-0.2, 0) is 10.2 Å². The molecule has 0 aliphatic rings. The number of hydrogen-bond donors (Lipinski definition) is 3. The summed E-state index contributed by atoms with van der Waals surface area (Å²) in [5.41, 5.74) is 5.44. The molecule has 0 bridgehead atoms. The first-order valence-corrected chi connectivity index (χ1v) is 6.42. The van der Waals surface area contributed by atoms with Crippen molar-refractivity contribution in [1.29, 1.82) is 0 Å². The molecule has 0 amide bonds. The molecule has 14 heavy (non-hydrogen) atoms. The maximum absolute atomic E-state index is 11.1. The predicted molar refractivity (Wildman–Crippen MR) is 58.1 cm³/mol. The predicted octanol–water partition coefficient (Wildman–Crippen LogP) is -0.195. The average molecular weight is 223 g/mol. The lowest BCUT2D eigenvalue weighted by Gasteiger charge is -2.15. The molecule has 86 valence electrons. The van der Waals surface area contributed by atoms with E-state index >= 15 is 0 Å². The molecule has 0 aromatic heterocycles. The number of rotatable bonds is 8. The summed E-state index contributed by atoms with van der Waals surface area (Å²) in [7, 11) is -1.90. The Morgan fingerprint density at radius 3 is 2.43 bits per heavy atom. The van der Waals surface area contributed by atoms with Crippen molar-refractivity contribution >= 4 is 10.2 Å². The molecule has 0 saturated heterocycles. The van der Waals surface area contributed by atoms with E-state index < -0.39 is 10.2 Å². The normalized spacial score (nSPS) is 14.2. The average Bonchev–Trinajstić information content (AvgIpc) is 2.15. The minimum atomic E-state index is -3.29. The monoisotopic (exact) mass is 223 g/mol. The summed E-state index contributed by atoms with van der Waals surface area (Å²) in [5, 5.41) is 0. The second kappa shape index (κ2) is 7.17. The lowest BCUT2D eigenvalue weighted by molar-refractivity contribution is 0.442. The van der Waals surface area contributed by atoms with Gasteiger partial charge in [0.2, 0.25) is 0 Å². The molecule has 0 rings (SSSR count). The molecule has 0 spiro atoms. The third kappa shape index (κ3) is 6.31. The zero-order valence-electron chi connectivity index (χ0n) is 8.91. The number of nitrogens with one attached hydrogen (secondary N) is 2. The third-order valence-corrected chi connectivity index (χ3v) is 3.19. The van der Waals surface area contributed by atoms with Crippen LogP contribution < -0.4 is 15.2 Å². The molecule has 0 radical (unpaired) electrons. The maximum atomic E-state index is 11.1.